The molecule has 0 saturated heterocycles. The van der Waals surface area contributed by atoms with Crippen LogP contribution < -0.4 is 0 Å². The van der Waals surface area contributed by atoms with Crippen LogP contribution in [-0.4, -0.2) is 17.2 Å². The van der Waals surface area contributed by atoms with Crippen LogP contribution in [0.5, 0.6) is 0 Å². The quantitative estimate of drug-likeness (QED) is 0.584. The average molecular weight is 168 g/mol. The van der Waals surface area contributed by atoms with Gasteiger partial charge in [-0.2, -0.15) is 0 Å². The lowest BCUT2D eigenvalue weighted by Crippen LogP contribution is -2.15. The molecule has 0 radical (unpaired) electrons. The van der Waals surface area contributed by atoms with Gasteiger partial charge in [0, 0.05) is 0 Å². The highest BCUT2D eigenvalue weighted by Crippen LogP contribution is 2.17. The van der Waals surface area contributed by atoms with Crippen molar-refractivity contribution in [3.8, 4) is 0 Å². The molecule has 0 amide bonds. The van der Waals surface area contributed by atoms with Gasteiger partial charge >= 0.3 is 7.12 Å². The highest BCUT2D eigenvalue weighted by Gasteiger charge is 2.13. The number of rotatable bonds is 1. The average Bonchev–Trinajstić information content (AvgIpc) is 2.15. The molecule has 2 N–H and O–H groups in total. The molecule has 1 rings (SSSR count). The predicted octanol–water partition coefficient (Wildman–Crippen LogP) is 1.67. The molecule has 0 atom stereocenters. The van der Waals surface area contributed by atoms with Crippen molar-refractivity contribution >= 4 is 7.12 Å². The summed E-state index contributed by atoms with van der Waals surface area (Å²) in [6.07, 6.45) is 9.96. The van der Waals surface area contributed by atoms with Crippen LogP contribution in [0.1, 0.15) is 44.9 Å². The van der Waals surface area contributed by atoms with Gasteiger partial charge in [0.15, 0.2) is 0 Å². The van der Waals surface area contributed by atoms with Gasteiger partial charge in [0.1, 0.15) is 0 Å². The van der Waals surface area contributed by atoms with Crippen LogP contribution in [0.15, 0.2) is 11.5 Å². The van der Waals surface area contributed by atoms with Crippen molar-refractivity contribution in [2.24, 2.45) is 0 Å². The molecule has 2 nitrogen and oxygen atoms in total. The lowest BCUT2D eigenvalue weighted by atomic mass is 9.76. The lowest BCUT2D eigenvalue weighted by Gasteiger charge is -2.03. The topological polar surface area (TPSA) is 40.5 Å². The Kier molecular flexibility index (Phi) is 4.40. The zero-order chi connectivity index (χ0) is 8.81. The standard InChI is InChI=1S/C9H17BO2/c11-10(12)9-7-5-3-1-2-4-6-8-9/h7,11-12H,1-6,8H2/b9-7+. The normalized spacial score (nSPS) is 24.7. The summed E-state index contributed by atoms with van der Waals surface area (Å²) in [4.78, 5) is 0. The first-order valence-electron chi connectivity index (χ1n) is 4.86. The van der Waals surface area contributed by atoms with Crippen molar-refractivity contribution in [2.45, 2.75) is 44.9 Å². The molecule has 3 heteroatoms. The third-order valence-corrected chi connectivity index (χ3v) is 2.41. The van der Waals surface area contributed by atoms with Gasteiger partial charge in [-0.1, -0.05) is 31.8 Å². The summed E-state index contributed by atoms with van der Waals surface area (Å²) in [6.45, 7) is 0. The molecule has 68 valence electrons. The van der Waals surface area contributed by atoms with Crippen molar-refractivity contribution < 1.29 is 10.0 Å². The minimum atomic E-state index is -1.22. The molecule has 0 spiro atoms. The maximum atomic E-state index is 8.97. The molecule has 0 heterocycles. The van der Waals surface area contributed by atoms with E-state index in [0.29, 0.717) is 0 Å². The van der Waals surface area contributed by atoms with Gasteiger partial charge < -0.3 is 10.0 Å². The maximum absolute atomic E-state index is 8.97. The van der Waals surface area contributed by atoms with Crippen LogP contribution in [0.2, 0.25) is 0 Å². The summed E-state index contributed by atoms with van der Waals surface area (Å²) in [6, 6.07) is 0. The van der Waals surface area contributed by atoms with Gasteiger partial charge in [-0.05, 0) is 24.7 Å². The lowest BCUT2D eigenvalue weighted by molar-refractivity contribution is 0.415. The van der Waals surface area contributed by atoms with Crippen LogP contribution in [0, 0.1) is 0 Å². The number of hydrogen-bond acceptors (Lipinski definition) is 2. The third kappa shape index (κ3) is 3.41. The van der Waals surface area contributed by atoms with Gasteiger partial charge in [0.2, 0.25) is 0 Å². The van der Waals surface area contributed by atoms with Crippen molar-refractivity contribution in [1.82, 2.24) is 0 Å². The number of allylic oxidation sites excluding steroid dienone is 2. The Morgan fingerprint density at radius 1 is 1.00 bits per heavy atom. The molecular weight excluding hydrogens is 151 g/mol. The first kappa shape index (κ1) is 9.81. The highest BCUT2D eigenvalue weighted by molar-refractivity contribution is 6.50. The summed E-state index contributed by atoms with van der Waals surface area (Å²) in [5.74, 6) is 0. The predicted molar refractivity (Wildman–Crippen MR) is 50.6 cm³/mol. The van der Waals surface area contributed by atoms with Crippen molar-refractivity contribution in [1.29, 1.82) is 0 Å². The summed E-state index contributed by atoms with van der Waals surface area (Å²) in [7, 11) is -1.22. The summed E-state index contributed by atoms with van der Waals surface area (Å²) >= 11 is 0. The zero-order valence-corrected chi connectivity index (χ0v) is 7.50. The van der Waals surface area contributed by atoms with Gasteiger partial charge in [-0.15, -0.1) is 0 Å². The highest BCUT2D eigenvalue weighted by atomic mass is 16.4. The zero-order valence-electron chi connectivity index (χ0n) is 7.50. The van der Waals surface area contributed by atoms with Gasteiger partial charge in [-0.25, -0.2) is 0 Å². The largest absolute Gasteiger partial charge is 0.483 e. The fourth-order valence-electron chi connectivity index (χ4n) is 1.63. The van der Waals surface area contributed by atoms with E-state index in [1.54, 1.807) is 0 Å². The van der Waals surface area contributed by atoms with Crippen LogP contribution >= 0.6 is 0 Å². The van der Waals surface area contributed by atoms with Gasteiger partial charge in [0.05, 0.1) is 0 Å². The van der Waals surface area contributed by atoms with Crippen LogP contribution in [0.25, 0.3) is 0 Å². The van der Waals surface area contributed by atoms with E-state index in [-0.39, 0.29) is 0 Å². The fraction of sp³-hybridized carbons (Fsp3) is 0.778. The van der Waals surface area contributed by atoms with E-state index >= 15 is 0 Å². The maximum Gasteiger partial charge on any atom is 0.483 e. The third-order valence-electron chi connectivity index (χ3n) is 2.41. The second-order valence-corrected chi connectivity index (χ2v) is 3.46. The molecule has 12 heavy (non-hydrogen) atoms. The smallest absolute Gasteiger partial charge is 0.423 e. The molecule has 0 aromatic carbocycles. The molecule has 0 aliphatic heterocycles. The second kappa shape index (κ2) is 5.38. The van der Waals surface area contributed by atoms with Crippen LogP contribution in [0.4, 0.5) is 0 Å². The fourth-order valence-corrected chi connectivity index (χ4v) is 1.63. The Morgan fingerprint density at radius 3 is 2.42 bits per heavy atom. The Labute approximate surface area is 74.4 Å². The van der Waals surface area contributed by atoms with Crippen molar-refractivity contribution in [3.63, 3.8) is 0 Å². The molecule has 0 aromatic rings. The molecule has 1 aliphatic rings. The second-order valence-electron chi connectivity index (χ2n) is 3.46. The monoisotopic (exact) mass is 168 g/mol. The molecule has 0 saturated carbocycles. The number of hydrogen-bond donors (Lipinski definition) is 2. The Hall–Kier alpha value is -0.275. The van der Waals surface area contributed by atoms with E-state index in [2.05, 4.69) is 0 Å². The Bertz CT molecular complexity index is 155. The summed E-state index contributed by atoms with van der Waals surface area (Å²) in [5, 5.41) is 17.9. The minimum Gasteiger partial charge on any atom is -0.423 e. The first-order chi connectivity index (χ1) is 5.80. The summed E-state index contributed by atoms with van der Waals surface area (Å²) < 4.78 is 0. The molecule has 0 unspecified atom stereocenters. The van der Waals surface area contributed by atoms with Crippen LogP contribution in [-0.2, 0) is 0 Å². The molecular formula is C9H17BO2. The molecule has 0 aromatic heterocycles. The Balaban J connectivity index is 2.44. The van der Waals surface area contributed by atoms with E-state index in [1.807, 2.05) is 6.08 Å². The first-order valence-corrected chi connectivity index (χ1v) is 4.86. The Morgan fingerprint density at radius 2 is 1.67 bits per heavy atom. The van der Waals surface area contributed by atoms with E-state index in [4.69, 9.17) is 10.0 Å². The molecule has 1 aliphatic carbocycles. The van der Waals surface area contributed by atoms with E-state index in [0.717, 1.165) is 24.7 Å². The van der Waals surface area contributed by atoms with E-state index in [9.17, 15) is 0 Å². The van der Waals surface area contributed by atoms with Crippen LogP contribution in [0.3, 0.4) is 0 Å². The van der Waals surface area contributed by atoms with Crippen molar-refractivity contribution in [3.05, 3.63) is 11.5 Å². The summed E-state index contributed by atoms with van der Waals surface area (Å²) in [5.41, 5.74) is 0.817. The SMILES string of the molecule is OB(O)/C1=C/CCCCCCC1. The van der Waals surface area contributed by atoms with E-state index < -0.39 is 7.12 Å². The molecule has 0 bridgehead atoms. The minimum absolute atomic E-state index is 0.817. The van der Waals surface area contributed by atoms with Gasteiger partial charge in [0.25, 0.3) is 0 Å². The molecule has 0 fully saturated rings. The van der Waals surface area contributed by atoms with Crippen molar-refractivity contribution in [2.75, 3.05) is 0 Å². The van der Waals surface area contributed by atoms with E-state index in [1.165, 1.54) is 25.7 Å². The van der Waals surface area contributed by atoms with Gasteiger partial charge in [-0.3, -0.25) is 0 Å².